The van der Waals surface area contributed by atoms with Crippen LogP contribution in [0.4, 0.5) is 0 Å². The van der Waals surface area contributed by atoms with Crippen molar-refractivity contribution in [3.63, 3.8) is 0 Å². The smallest absolute Gasteiger partial charge is 0.306 e. The highest BCUT2D eigenvalue weighted by Gasteiger charge is 2.27. The van der Waals surface area contributed by atoms with Crippen LogP contribution in [0.3, 0.4) is 0 Å². The number of morpholine rings is 1. The van der Waals surface area contributed by atoms with Gasteiger partial charge in [-0.15, -0.1) is 0 Å². The second-order valence-corrected chi connectivity index (χ2v) is 6.12. The van der Waals surface area contributed by atoms with Crippen molar-refractivity contribution in [2.45, 2.75) is 50.7 Å². The van der Waals surface area contributed by atoms with Crippen LogP contribution >= 0.6 is 0 Å². The van der Waals surface area contributed by atoms with Gasteiger partial charge in [0.2, 0.25) is 5.91 Å². The van der Waals surface area contributed by atoms with Gasteiger partial charge < -0.3 is 14.7 Å². The number of likely N-dealkylation sites (N-methyl/N-ethyl adjacent to an activating group) is 1. The van der Waals surface area contributed by atoms with E-state index in [1.165, 1.54) is 19.3 Å². The average molecular weight is 298 g/mol. The van der Waals surface area contributed by atoms with Crippen LogP contribution in [0, 0.1) is 0 Å². The van der Waals surface area contributed by atoms with E-state index in [1.807, 2.05) is 16.8 Å². The zero-order valence-corrected chi connectivity index (χ0v) is 12.8. The molecule has 2 rings (SSSR count). The van der Waals surface area contributed by atoms with Crippen molar-refractivity contribution < 1.29 is 19.4 Å². The normalized spacial score (nSPS) is 24.7. The second-order valence-electron chi connectivity index (χ2n) is 6.12. The van der Waals surface area contributed by atoms with E-state index in [-0.39, 0.29) is 18.4 Å². The molecule has 1 atom stereocenters. The van der Waals surface area contributed by atoms with Crippen LogP contribution in [0.2, 0.25) is 0 Å². The largest absolute Gasteiger partial charge is 0.481 e. The Kier molecular flexibility index (Phi) is 5.99. The minimum Gasteiger partial charge on any atom is -0.481 e. The molecule has 1 N–H and O–H groups in total. The third kappa shape index (κ3) is 4.97. The summed E-state index contributed by atoms with van der Waals surface area (Å²) in [6.07, 6.45) is 5.60. The first-order valence-corrected chi connectivity index (χ1v) is 7.87. The molecule has 6 nitrogen and oxygen atoms in total. The first kappa shape index (κ1) is 16.2. The maximum atomic E-state index is 12.4. The number of amides is 1. The van der Waals surface area contributed by atoms with Crippen LogP contribution in [0.15, 0.2) is 0 Å². The minimum absolute atomic E-state index is 0.00313. The number of carboxylic acid groups (broad SMARTS) is 1. The van der Waals surface area contributed by atoms with E-state index < -0.39 is 5.97 Å². The summed E-state index contributed by atoms with van der Waals surface area (Å²) in [6, 6.07) is 0.377. The Hall–Kier alpha value is -1.14. The molecule has 1 saturated heterocycles. The number of carboxylic acids is 1. The zero-order valence-electron chi connectivity index (χ0n) is 12.8. The van der Waals surface area contributed by atoms with Crippen LogP contribution in [0.5, 0.6) is 0 Å². The Morgan fingerprint density at radius 3 is 2.67 bits per heavy atom. The maximum absolute atomic E-state index is 12.4. The van der Waals surface area contributed by atoms with E-state index in [4.69, 9.17) is 9.84 Å². The van der Waals surface area contributed by atoms with Gasteiger partial charge in [0.25, 0.3) is 0 Å². The summed E-state index contributed by atoms with van der Waals surface area (Å²) >= 11 is 0. The number of hydrogen-bond donors (Lipinski definition) is 1. The molecule has 1 saturated carbocycles. The van der Waals surface area contributed by atoms with Crippen LogP contribution in [0.25, 0.3) is 0 Å². The summed E-state index contributed by atoms with van der Waals surface area (Å²) < 4.78 is 5.43. The Bertz CT molecular complexity index is 369. The van der Waals surface area contributed by atoms with Gasteiger partial charge in [-0.2, -0.15) is 0 Å². The quantitative estimate of drug-likeness (QED) is 0.818. The van der Waals surface area contributed by atoms with Gasteiger partial charge in [-0.05, 0) is 12.8 Å². The molecule has 21 heavy (non-hydrogen) atoms. The molecule has 0 radical (unpaired) electrons. The predicted octanol–water partition coefficient (Wildman–Crippen LogP) is 0.953. The lowest BCUT2D eigenvalue weighted by atomic mass is 9.94. The molecular formula is C15H26N2O4. The van der Waals surface area contributed by atoms with Crippen molar-refractivity contribution in [2.75, 3.05) is 33.3 Å². The first-order valence-electron chi connectivity index (χ1n) is 7.87. The highest BCUT2D eigenvalue weighted by Crippen LogP contribution is 2.21. The number of rotatable bonds is 5. The fourth-order valence-electron chi connectivity index (χ4n) is 3.22. The fourth-order valence-corrected chi connectivity index (χ4v) is 3.22. The number of aliphatic carboxylic acids is 1. The van der Waals surface area contributed by atoms with Crippen molar-refractivity contribution in [2.24, 2.45) is 0 Å². The van der Waals surface area contributed by atoms with E-state index in [9.17, 15) is 9.59 Å². The fraction of sp³-hybridized carbons (Fsp3) is 0.867. The lowest BCUT2D eigenvalue weighted by Crippen LogP contribution is -2.49. The zero-order chi connectivity index (χ0) is 15.2. The van der Waals surface area contributed by atoms with E-state index in [0.29, 0.717) is 32.3 Å². The summed E-state index contributed by atoms with van der Waals surface area (Å²) in [5.74, 6) is -0.717. The number of nitrogens with zero attached hydrogens (tertiary/aromatic N) is 2. The molecule has 120 valence electrons. The molecule has 0 spiro atoms. The third-order valence-corrected chi connectivity index (χ3v) is 4.50. The van der Waals surface area contributed by atoms with Crippen LogP contribution < -0.4 is 0 Å². The van der Waals surface area contributed by atoms with Gasteiger partial charge in [-0.1, -0.05) is 19.3 Å². The number of carbonyl (C=O) groups is 2. The van der Waals surface area contributed by atoms with E-state index in [1.54, 1.807) is 0 Å². The summed E-state index contributed by atoms with van der Waals surface area (Å²) in [7, 11) is 1.90. The Labute approximate surface area is 126 Å². The van der Waals surface area contributed by atoms with Gasteiger partial charge in [0.1, 0.15) is 0 Å². The third-order valence-electron chi connectivity index (χ3n) is 4.50. The number of ether oxygens (including phenoxy) is 1. The van der Waals surface area contributed by atoms with Gasteiger partial charge in [-0.25, -0.2) is 0 Å². The Morgan fingerprint density at radius 2 is 2.00 bits per heavy atom. The van der Waals surface area contributed by atoms with Crippen LogP contribution in [-0.4, -0.2) is 72.2 Å². The summed E-state index contributed by atoms with van der Waals surface area (Å²) in [5, 5.41) is 8.82. The van der Waals surface area contributed by atoms with Gasteiger partial charge in [-0.3, -0.25) is 14.5 Å². The average Bonchev–Trinajstić information content (AvgIpc) is 2.47. The lowest BCUT2D eigenvalue weighted by molar-refractivity contribution is -0.143. The molecule has 1 unspecified atom stereocenters. The van der Waals surface area contributed by atoms with Crippen molar-refractivity contribution in [3.8, 4) is 0 Å². The molecule has 1 aliphatic heterocycles. The van der Waals surface area contributed by atoms with Crippen molar-refractivity contribution in [1.82, 2.24) is 9.80 Å². The van der Waals surface area contributed by atoms with Crippen molar-refractivity contribution >= 4 is 11.9 Å². The molecule has 1 aliphatic carbocycles. The predicted molar refractivity (Wildman–Crippen MR) is 78.1 cm³/mol. The molecular weight excluding hydrogens is 272 g/mol. The SMILES string of the molecule is CN(C(=O)CN1CCOC(CC(=O)O)C1)C1CCCCC1. The van der Waals surface area contributed by atoms with Crippen LogP contribution in [-0.2, 0) is 14.3 Å². The van der Waals surface area contributed by atoms with Crippen molar-refractivity contribution in [1.29, 1.82) is 0 Å². The van der Waals surface area contributed by atoms with Gasteiger partial charge >= 0.3 is 5.97 Å². The molecule has 6 heteroatoms. The van der Waals surface area contributed by atoms with E-state index in [0.717, 1.165) is 12.8 Å². The second kappa shape index (κ2) is 7.75. The van der Waals surface area contributed by atoms with Gasteiger partial charge in [0.15, 0.2) is 0 Å². The summed E-state index contributed by atoms with van der Waals surface area (Å²) in [4.78, 5) is 27.0. The molecule has 0 aromatic heterocycles. The molecule has 1 amide bonds. The first-order chi connectivity index (χ1) is 10.1. The maximum Gasteiger partial charge on any atom is 0.306 e. The standard InChI is InChI=1S/C15H26N2O4/c1-16(12-5-3-2-4-6-12)14(18)11-17-7-8-21-13(10-17)9-15(19)20/h12-13H,2-11H2,1H3,(H,19,20). The number of carbonyl (C=O) groups excluding carboxylic acids is 1. The molecule has 0 aromatic rings. The van der Waals surface area contributed by atoms with E-state index in [2.05, 4.69) is 0 Å². The van der Waals surface area contributed by atoms with Gasteiger partial charge in [0.05, 0.1) is 25.7 Å². The Balaban J connectivity index is 1.79. The van der Waals surface area contributed by atoms with Gasteiger partial charge in [0, 0.05) is 26.2 Å². The lowest BCUT2D eigenvalue weighted by Gasteiger charge is -2.35. The molecule has 2 fully saturated rings. The summed E-state index contributed by atoms with van der Waals surface area (Å²) in [6.45, 7) is 2.09. The highest BCUT2D eigenvalue weighted by atomic mass is 16.5. The number of hydrogen-bond acceptors (Lipinski definition) is 4. The highest BCUT2D eigenvalue weighted by molar-refractivity contribution is 5.78. The van der Waals surface area contributed by atoms with E-state index >= 15 is 0 Å². The topological polar surface area (TPSA) is 70.1 Å². The van der Waals surface area contributed by atoms with Crippen LogP contribution in [0.1, 0.15) is 38.5 Å². The Morgan fingerprint density at radius 1 is 1.29 bits per heavy atom. The molecule has 1 heterocycles. The minimum atomic E-state index is -0.854. The summed E-state index contributed by atoms with van der Waals surface area (Å²) in [5.41, 5.74) is 0. The van der Waals surface area contributed by atoms with Crippen molar-refractivity contribution in [3.05, 3.63) is 0 Å². The monoisotopic (exact) mass is 298 g/mol. The molecule has 0 bridgehead atoms. The molecule has 2 aliphatic rings. The molecule has 0 aromatic carbocycles.